The molecule has 0 unspecified atom stereocenters. The zero-order chi connectivity index (χ0) is 14.6. The van der Waals surface area contributed by atoms with Crippen molar-refractivity contribution in [1.82, 2.24) is 9.97 Å². The van der Waals surface area contributed by atoms with Crippen molar-refractivity contribution in [3.63, 3.8) is 0 Å². The number of rotatable bonds is 3. The second kappa shape index (κ2) is 5.69. The topological polar surface area (TPSA) is 66.9 Å². The number of anilines is 2. The Morgan fingerprint density at radius 2 is 1.75 bits per heavy atom. The number of nitrogens with one attached hydrogen (secondary N) is 2. The third-order valence-corrected chi connectivity index (χ3v) is 2.42. The maximum atomic E-state index is 12.0. The van der Waals surface area contributed by atoms with E-state index in [2.05, 4.69) is 20.6 Å². The van der Waals surface area contributed by atoms with E-state index in [-0.39, 0.29) is 17.1 Å². The number of hydrogen-bond acceptors (Lipinski definition) is 4. The first kappa shape index (κ1) is 14.0. The Hall–Kier alpha value is -2.43. The lowest BCUT2D eigenvalue weighted by atomic mass is 10.1. The van der Waals surface area contributed by atoms with E-state index < -0.39 is 0 Å². The molecular weight excluding hydrogens is 252 g/mol. The lowest BCUT2D eigenvalue weighted by Crippen LogP contribution is -2.27. The first-order valence-electron chi connectivity index (χ1n) is 6.41. The maximum absolute atomic E-state index is 12.0. The van der Waals surface area contributed by atoms with Gasteiger partial charge in [-0.05, 0) is 32.9 Å². The Balaban J connectivity index is 2.04. The Morgan fingerprint density at radius 3 is 2.30 bits per heavy atom. The van der Waals surface area contributed by atoms with Gasteiger partial charge in [-0.3, -0.25) is 4.79 Å². The van der Waals surface area contributed by atoms with Crippen LogP contribution in [0, 0.1) is 0 Å². The smallest absolute Gasteiger partial charge is 0.275 e. The number of para-hydroxylation sites is 1. The normalized spacial score (nSPS) is 10.9. The van der Waals surface area contributed by atoms with E-state index >= 15 is 0 Å². The van der Waals surface area contributed by atoms with E-state index in [1.807, 2.05) is 51.1 Å². The highest BCUT2D eigenvalue weighted by Gasteiger charge is 2.12. The van der Waals surface area contributed by atoms with E-state index in [1.165, 1.54) is 6.20 Å². The second-order valence-corrected chi connectivity index (χ2v) is 5.48. The van der Waals surface area contributed by atoms with Crippen molar-refractivity contribution in [3.05, 3.63) is 48.4 Å². The van der Waals surface area contributed by atoms with Crippen LogP contribution in [-0.2, 0) is 0 Å². The number of carbonyl (C=O) groups is 1. The zero-order valence-corrected chi connectivity index (χ0v) is 11.8. The Labute approximate surface area is 118 Å². The van der Waals surface area contributed by atoms with Crippen LogP contribution in [0.5, 0.6) is 0 Å². The summed E-state index contributed by atoms with van der Waals surface area (Å²) in [5.74, 6) is 0.375. The summed E-state index contributed by atoms with van der Waals surface area (Å²) in [7, 11) is 0. The molecule has 1 aromatic heterocycles. The molecule has 0 radical (unpaired) electrons. The summed E-state index contributed by atoms with van der Waals surface area (Å²) < 4.78 is 0. The molecule has 1 heterocycles. The third kappa shape index (κ3) is 4.05. The van der Waals surface area contributed by atoms with Gasteiger partial charge in [-0.2, -0.15) is 0 Å². The zero-order valence-electron chi connectivity index (χ0n) is 11.8. The van der Waals surface area contributed by atoms with Gasteiger partial charge in [0.1, 0.15) is 11.5 Å². The molecule has 1 amide bonds. The predicted octanol–water partition coefficient (Wildman–Crippen LogP) is 2.94. The molecule has 20 heavy (non-hydrogen) atoms. The molecular formula is C15H18N4O. The lowest BCUT2D eigenvalue weighted by molar-refractivity contribution is 0.102. The van der Waals surface area contributed by atoms with Crippen LogP contribution in [0.1, 0.15) is 31.3 Å². The van der Waals surface area contributed by atoms with Gasteiger partial charge in [0, 0.05) is 11.2 Å². The van der Waals surface area contributed by atoms with Gasteiger partial charge in [0.15, 0.2) is 0 Å². The number of carbonyl (C=O) groups excluding carboxylic acids is 1. The van der Waals surface area contributed by atoms with E-state index in [4.69, 9.17) is 0 Å². The van der Waals surface area contributed by atoms with E-state index in [0.717, 1.165) is 5.69 Å². The highest BCUT2D eigenvalue weighted by molar-refractivity contribution is 6.02. The average Bonchev–Trinajstić information content (AvgIpc) is 2.39. The summed E-state index contributed by atoms with van der Waals surface area (Å²) in [6.45, 7) is 6.10. The molecule has 0 atom stereocenters. The Kier molecular flexibility index (Phi) is 3.98. The van der Waals surface area contributed by atoms with Crippen LogP contribution in [0.3, 0.4) is 0 Å². The first-order valence-corrected chi connectivity index (χ1v) is 6.41. The molecule has 0 aliphatic carbocycles. The largest absolute Gasteiger partial charge is 0.364 e. The molecule has 2 N–H and O–H groups in total. The Morgan fingerprint density at radius 1 is 1.05 bits per heavy atom. The van der Waals surface area contributed by atoms with E-state index in [9.17, 15) is 4.79 Å². The fourth-order valence-corrected chi connectivity index (χ4v) is 1.61. The fraction of sp³-hybridized carbons (Fsp3) is 0.267. The van der Waals surface area contributed by atoms with Crippen LogP contribution in [0.4, 0.5) is 11.5 Å². The quantitative estimate of drug-likeness (QED) is 0.900. The minimum absolute atomic E-state index is 0.0947. The molecule has 5 nitrogen and oxygen atoms in total. The number of benzene rings is 1. The monoisotopic (exact) mass is 270 g/mol. The van der Waals surface area contributed by atoms with Crippen LogP contribution in [-0.4, -0.2) is 21.4 Å². The van der Waals surface area contributed by atoms with Crippen molar-refractivity contribution in [2.24, 2.45) is 0 Å². The van der Waals surface area contributed by atoms with Gasteiger partial charge in [0.2, 0.25) is 0 Å². The molecule has 0 saturated carbocycles. The second-order valence-electron chi connectivity index (χ2n) is 5.48. The minimum atomic E-state index is -0.272. The molecule has 1 aromatic carbocycles. The minimum Gasteiger partial charge on any atom is -0.364 e. The summed E-state index contributed by atoms with van der Waals surface area (Å²) in [5, 5.41) is 5.96. The van der Waals surface area contributed by atoms with Crippen LogP contribution in [0.25, 0.3) is 0 Å². The van der Waals surface area contributed by atoms with Gasteiger partial charge in [-0.1, -0.05) is 18.2 Å². The van der Waals surface area contributed by atoms with Crippen LogP contribution < -0.4 is 10.6 Å². The molecule has 2 rings (SSSR count). The summed E-state index contributed by atoms with van der Waals surface area (Å²) in [6.07, 6.45) is 3.03. The highest BCUT2D eigenvalue weighted by atomic mass is 16.1. The van der Waals surface area contributed by atoms with Crippen molar-refractivity contribution in [3.8, 4) is 0 Å². The summed E-state index contributed by atoms with van der Waals surface area (Å²) in [4.78, 5) is 20.3. The highest BCUT2D eigenvalue weighted by Crippen LogP contribution is 2.11. The van der Waals surface area contributed by atoms with E-state index in [1.54, 1.807) is 6.20 Å². The van der Waals surface area contributed by atoms with Gasteiger partial charge < -0.3 is 10.6 Å². The first-order chi connectivity index (χ1) is 9.44. The molecule has 0 spiro atoms. The molecule has 0 aliphatic heterocycles. The van der Waals surface area contributed by atoms with Crippen molar-refractivity contribution >= 4 is 17.4 Å². The standard InChI is InChI=1S/C15H18N4O/c1-15(2,3)19-13-10-16-12(9-17-13)14(20)18-11-7-5-4-6-8-11/h4-10H,1-3H3,(H,17,19)(H,18,20). The molecule has 0 fully saturated rings. The predicted molar refractivity (Wildman–Crippen MR) is 79.8 cm³/mol. The van der Waals surface area contributed by atoms with E-state index in [0.29, 0.717) is 5.82 Å². The molecule has 5 heteroatoms. The summed E-state index contributed by atoms with van der Waals surface area (Å²) in [5.41, 5.74) is 0.923. The fourth-order valence-electron chi connectivity index (χ4n) is 1.61. The summed E-state index contributed by atoms with van der Waals surface area (Å²) in [6, 6.07) is 9.25. The van der Waals surface area contributed by atoms with Gasteiger partial charge in [0.05, 0.1) is 12.4 Å². The molecule has 0 bridgehead atoms. The average molecular weight is 270 g/mol. The van der Waals surface area contributed by atoms with Crippen LogP contribution >= 0.6 is 0 Å². The summed E-state index contributed by atoms with van der Waals surface area (Å²) >= 11 is 0. The van der Waals surface area contributed by atoms with Gasteiger partial charge in [0.25, 0.3) is 5.91 Å². The SMILES string of the molecule is CC(C)(C)Nc1cnc(C(=O)Nc2ccccc2)cn1. The number of nitrogens with zero attached hydrogens (tertiary/aromatic N) is 2. The Bertz CT molecular complexity index is 573. The van der Waals surface area contributed by atoms with Gasteiger partial charge in [-0.15, -0.1) is 0 Å². The van der Waals surface area contributed by atoms with Crippen LogP contribution in [0.15, 0.2) is 42.7 Å². The molecule has 0 saturated heterocycles. The number of amides is 1. The lowest BCUT2D eigenvalue weighted by Gasteiger charge is -2.20. The molecule has 104 valence electrons. The van der Waals surface area contributed by atoms with Crippen molar-refractivity contribution in [2.45, 2.75) is 26.3 Å². The maximum Gasteiger partial charge on any atom is 0.275 e. The molecule has 2 aromatic rings. The molecule has 0 aliphatic rings. The van der Waals surface area contributed by atoms with Crippen molar-refractivity contribution in [2.75, 3.05) is 10.6 Å². The number of hydrogen-bond donors (Lipinski definition) is 2. The number of aromatic nitrogens is 2. The van der Waals surface area contributed by atoms with Gasteiger partial charge in [-0.25, -0.2) is 9.97 Å². The van der Waals surface area contributed by atoms with Crippen LogP contribution in [0.2, 0.25) is 0 Å². The van der Waals surface area contributed by atoms with Crippen molar-refractivity contribution in [1.29, 1.82) is 0 Å². The van der Waals surface area contributed by atoms with Crippen molar-refractivity contribution < 1.29 is 4.79 Å². The van der Waals surface area contributed by atoms with Gasteiger partial charge >= 0.3 is 0 Å². The third-order valence-electron chi connectivity index (χ3n) is 2.42.